The van der Waals surface area contributed by atoms with Gasteiger partial charge in [-0.2, -0.15) is 0 Å². The minimum atomic E-state index is -0.148. The van der Waals surface area contributed by atoms with Crippen LogP contribution in [0.2, 0.25) is 0 Å². The van der Waals surface area contributed by atoms with Gasteiger partial charge in [0.25, 0.3) is 0 Å². The highest BCUT2D eigenvalue weighted by molar-refractivity contribution is 5.96. The van der Waals surface area contributed by atoms with Gasteiger partial charge in [-0.3, -0.25) is 9.69 Å². The summed E-state index contributed by atoms with van der Waals surface area (Å²) in [5, 5.41) is 0. The lowest BCUT2D eigenvalue weighted by molar-refractivity contribution is -0.130. The summed E-state index contributed by atoms with van der Waals surface area (Å²) < 4.78 is 0. The molecule has 0 radical (unpaired) electrons. The molecule has 0 aliphatic carbocycles. The normalized spacial score (nSPS) is 18.3. The Hall–Kier alpha value is -1.06. The Morgan fingerprint density at radius 1 is 1.38 bits per heavy atom. The van der Waals surface area contributed by atoms with Gasteiger partial charge in [-0.25, -0.2) is 4.79 Å². The molecule has 1 saturated heterocycles. The first-order chi connectivity index (χ1) is 6.16. The predicted molar refractivity (Wildman–Crippen MR) is 49.3 cm³/mol. The summed E-state index contributed by atoms with van der Waals surface area (Å²) in [7, 11) is 1.73. The molecule has 1 heterocycles. The number of urea groups is 1. The van der Waals surface area contributed by atoms with Gasteiger partial charge in [-0.05, 0) is 6.42 Å². The maximum atomic E-state index is 11.5. The van der Waals surface area contributed by atoms with E-state index in [0.29, 0.717) is 19.5 Å². The van der Waals surface area contributed by atoms with Crippen molar-refractivity contribution >= 4 is 11.9 Å². The summed E-state index contributed by atoms with van der Waals surface area (Å²) in [4.78, 5) is 25.8. The SMILES string of the molecule is CCCCN1C(=O)CCN(C)C1=O. The quantitative estimate of drug-likeness (QED) is 0.658. The monoisotopic (exact) mass is 184 g/mol. The average molecular weight is 184 g/mol. The van der Waals surface area contributed by atoms with Crippen LogP contribution in [-0.4, -0.2) is 41.9 Å². The maximum Gasteiger partial charge on any atom is 0.326 e. The van der Waals surface area contributed by atoms with E-state index in [0.717, 1.165) is 12.8 Å². The third kappa shape index (κ3) is 2.20. The van der Waals surface area contributed by atoms with Crippen LogP contribution in [0.15, 0.2) is 0 Å². The van der Waals surface area contributed by atoms with Crippen molar-refractivity contribution in [2.24, 2.45) is 0 Å². The van der Waals surface area contributed by atoms with Gasteiger partial charge in [0, 0.05) is 26.6 Å². The van der Waals surface area contributed by atoms with Crippen molar-refractivity contribution < 1.29 is 9.59 Å². The third-order valence-corrected chi connectivity index (χ3v) is 2.25. The molecular weight excluding hydrogens is 168 g/mol. The first-order valence-electron chi connectivity index (χ1n) is 4.72. The van der Waals surface area contributed by atoms with Crippen molar-refractivity contribution in [2.75, 3.05) is 20.1 Å². The second kappa shape index (κ2) is 4.25. The van der Waals surface area contributed by atoms with Crippen molar-refractivity contribution in [3.05, 3.63) is 0 Å². The van der Waals surface area contributed by atoms with Crippen molar-refractivity contribution in [2.45, 2.75) is 26.2 Å². The van der Waals surface area contributed by atoms with E-state index >= 15 is 0 Å². The molecule has 0 aromatic rings. The molecule has 0 aromatic heterocycles. The van der Waals surface area contributed by atoms with Gasteiger partial charge in [0.05, 0.1) is 0 Å². The molecular formula is C9H16N2O2. The molecule has 1 fully saturated rings. The molecule has 4 nitrogen and oxygen atoms in total. The van der Waals surface area contributed by atoms with E-state index < -0.39 is 0 Å². The molecule has 0 spiro atoms. The Kier molecular flexibility index (Phi) is 3.28. The van der Waals surface area contributed by atoms with Gasteiger partial charge in [-0.15, -0.1) is 0 Å². The standard InChI is InChI=1S/C9H16N2O2/c1-3-4-6-11-8(12)5-7-10(2)9(11)13/h3-7H2,1-2H3. The van der Waals surface area contributed by atoms with E-state index in [1.54, 1.807) is 11.9 Å². The Labute approximate surface area is 78.5 Å². The summed E-state index contributed by atoms with van der Waals surface area (Å²) in [6.07, 6.45) is 2.36. The topological polar surface area (TPSA) is 40.6 Å². The van der Waals surface area contributed by atoms with Crippen LogP contribution >= 0.6 is 0 Å². The smallest absolute Gasteiger partial charge is 0.326 e. The second-order valence-electron chi connectivity index (χ2n) is 3.35. The van der Waals surface area contributed by atoms with E-state index in [1.165, 1.54) is 4.90 Å². The largest absolute Gasteiger partial charge is 0.327 e. The number of unbranched alkanes of at least 4 members (excludes halogenated alkanes) is 1. The molecule has 0 saturated carbocycles. The van der Waals surface area contributed by atoms with Crippen LogP contribution in [0.5, 0.6) is 0 Å². The molecule has 0 unspecified atom stereocenters. The Morgan fingerprint density at radius 2 is 2.08 bits per heavy atom. The van der Waals surface area contributed by atoms with Crippen LogP contribution in [0, 0.1) is 0 Å². The fourth-order valence-corrected chi connectivity index (χ4v) is 1.34. The summed E-state index contributed by atoms with van der Waals surface area (Å²) in [5.41, 5.74) is 0. The number of hydrogen-bond acceptors (Lipinski definition) is 2. The molecule has 0 aromatic carbocycles. The van der Waals surface area contributed by atoms with Crippen LogP contribution in [0.3, 0.4) is 0 Å². The van der Waals surface area contributed by atoms with E-state index in [9.17, 15) is 9.59 Å². The molecule has 0 bridgehead atoms. The Morgan fingerprint density at radius 3 is 2.69 bits per heavy atom. The minimum absolute atomic E-state index is 0.0310. The van der Waals surface area contributed by atoms with Crippen molar-refractivity contribution in [3.8, 4) is 0 Å². The molecule has 3 amide bonds. The Balaban J connectivity index is 2.56. The fraction of sp³-hybridized carbons (Fsp3) is 0.778. The average Bonchev–Trinajstić information content (AvgIpc) is 2.12. The summed E-state index contributed by atoms with van der Waals surface area (Å²) in [6.45, 7) is 3.17. The number of carbonyl (C=O) groups excluding carboxylic acids is 2. The number of imide groups is 1. The van der Waals surface area contributed by atoms with Crippen LogP contribution in [0.4, 0.5) is 4.79 Å². The van der Waals surface area contributed by atoms with Gasteiger partial charge in [-0.1, -0.05) is 13.3 Å². The van der Waals surface area contributed by atoms with Crippen molar-refractivity contribution in [3.63, 3.8) is 0 Å². The summed E-state index contributed by atoms with van der Waals surface area (Å²) in [6, 6.07) is -0.148. The lowest BCUT2D eigenvalue weighted by Gasteiger charge is -2.31. The number of carbonyl (C=O) groups is 2. The van der Waals surface area contributed by atoms with Crippen molar-refractivity contribution in [1.82, 2.24) is 9.80 Å². The van der Waals surface area contributed by atoms with E-state index in [4.69, 9.17) is 0 Å². The van der Waals surface area contributed by atoms with Gasteiger partial charge < -0.3 is 4.90 Å². The molecule has 0 atom stereocenters. The lowest BCUT2D eigenvalue weighted by Crippen LogP contribution is -2.50. The van der Waals surface area contributed by atoms with Gasteiger partial charge in [0.1, 0.15) is 0 Å². The molecule has 0 N–H and O–H groups in total. The number of rotatable bonds is 3. The van der Waals surface area contributed by atoms with E-state index in [1.807, 2.05) is 6.92 Å². The summed E-state index contributed by atoms with van der Waals surface area (Å²) in [5.74, 6) is -0.0310. The van der Waals surface area contributed by atoms with Gasteiger partial charge >= 0.3 is 6.03 Å². The van der Waals surface area contributed by atoms with Crippen LogP contribution < -0.4 is 0 Å². The first kappa shape index (κ1) is 10.0. The van der Waals surface area contributed by atoms with Crippen LogP contribution in [-0.2, 0) is 4.79 Å². The zero-order valence-electron chi connectivity index (χ0n) is 8.25. The van der Waals surface area contributed by atoms with Gasteiger partial charge in [0.15, 0.2) is 0 Å². The van der Waals surface area contributed by atoms with Crippen molar-refractivity contribution in [1.29, 1.82) is 0 Å². The van der Waals surface area contributed by atoms with E-state index in [-0.39, 0.29) is 11.9 Å². The highest BCUT2D eigenvalue weighted by atomic mass is 16.2. The third-order valence-electron chi connectivity index (χ3n) is 2.25. The zero-order chi connectivity index (χ0) is 9.84. The Bertz CT molecular complexity index is 216. The van der Waals surface area contributed by atoms with Crippen LogP contribution in [0.1, 0.15) is 26.2 Å². The second-order valence-corrected chi connectivity index (χ2v) is 3.35. The fourth-order valence-electron chi connectivity index (χ4n) is 1.34. The molecule has 1 aliphatic rings. The highest BCUT2D eigenvalue weighted by Crippen LogP contribution is 2.09. The maximum absolute atomic E-state index is 11.5. The molecule has 13 heavy (non-hydrogen) atoms. The number of amides is 3. The summed E-state index contributed by atoms with van der Waals surface area (Å²) >= 11 is 0. The number of nitrogens with zero attached hydrogens (tertiary/aromatic N) is 2. The molecule has 1 rings (SSSR count). The molecule has 4 heteroatoms. The zero-order valence-corrected chi connectivity index (χ0v) is 8.25. The molecule has 1 aliphatic heterocycles. The van der Waals surface area contributed by atoms with Crippen LogP contribution in [0.25, 0.3) is 0 Å². The lowest BCUT2D eigenvalue weighted by atomic mass is 10.2. The number of hydrogen-bond donors (Lipinski definition) is 0. The highest BCUT2D eigenvalue weighted by Gasteiger charge is 2.28. The van der Waals surface area contributed by atoms with E-state index in [2.05, 4.69) is 0 Å². The minimum Gasteiger partial charge on any atom is -0.327 e. The van der Waals surface area contributed by atoms with Gasteiger partial charge in [0.2, 0.25) is 5.91 Å². The first-order valence-corrected chi connectivity index (χ1v) is 4.72. The molecule has 74 valence electrons. The predicted octanol–water partition coefficient (Wildman–Crippen LogP) is 1.07.